The summed E-state index contributed by atoms with van der Waals surface area (Å²) in [7, 11) is 3.76. The fourth-order valence-electron chi connectivity index (χ4n) is 2.70. The van der Waals surface area contributed by atoms with Crippen molar-refractivity contribution in [2.24, 2.45) is 7.05 Å². The number of amides is 1. The fraction of sp³-hybridized carbons (Fsp3) is 0.167. The molecule has 0 bridgehead atoms. The number of rotatable bonds is 4. The zero-order valence-electron chi connectivity index (χ0n) is 13.8. The highest BCUT2D eigenvalue weighted by atomic mass is 32.1. The third kappa shape index (κ3) is 2.96. The van der Waals surface area contributed by atoms with Gasteiger partial charge in [0.25, 0.3) is 5.91 Å². The van der Waals surface area contributed by atoms with E-state index in [1.165, 1.54) is 11.3 Å². The van der Waals surface area contributed by atoms with E-state index in [1.807, 2.05) is 58.8 Å². The van der Waals surface area contributed by atoms with Crippen LogP contribution in [0.3, 0.4) is 0 Å². The summed E-state index contributed by atoms with van der Waals surface area (Å²) in [5.74, 6) is 0.761. The Morgan fingerprint density at radius 1 is 1.16 bits per heavy atom. The van der Waals surface area contributed by atoms with Crippen molar-refractivity contribution in [2.75, 3.05) is 7.05 Å². The molecule has 126 valence electrons. The van der Waals surface area contributed by atoms with Crippen LogP contribution in [-0.4, -0.2) is 32.4 Å². The van der Waals surface area contributed by atoms with Crippen LogP contribution in [0.2, 0.25) is 0 Å². The van der Waals surface area contributed by atoms with Crippen molar-refractivity contribution in [1.29, 1.82) is 0 Å². The molecule has 0 saturated carbocycles. The van der Waals surface area contributed by atoms with Gasteiger partial charge in [0.2, 0.25) is 0 Å². The molecule has 1 amide bonds. The Morgan fingerprint density at radius 3 is 2.76 bits per heavy atom. The predicted molar refractivity (Wildman–Crippen MR) is 102 cm³/mol. The van der Waals surface area contributed by atoms with Gasteiger partial charge in [0.15, 0.2) is 0 Å². The summed E-state index contributed by atoms with van der Waals surface area (Å²) < 4.78 is 2.03. The van der Waals surface area contributed by atoms with Crippen LogP contribution in [0, 0.1) is 0 Å². The first-order valence-electron chi connectivity index (χ1n) is 7.78. The molecule has 0 fully saturated rings. The molecule has 7 heteroatoms. The average molecular weight is 368 g/mol. The molecule has 0 spiro atoms. The monoisotopic (exact) mass is 368 g/mol. The van der Waals surface area contributed by atoms with E-state index in [2.05, 4.69) is 9.97 Å². The van der Waals surface area contributed by atoms with E-state index >= 15 is 0 Å². The molecule has 1 aromatic carbocycles. The number of hydrogen-bond donors (Lipinski definition) is 0. The number of carbonyl (C=O) groups is 1. The minimum Gasteiger partial charge on any atom is -0.333 e. The van der Waals surface area contributed by atoms with E-state index < -0.39 is 0 Å². The third-order valence-electron chi connectivity index (χ3n) is 4.06. The number of hydrogen-bond acceptors (Lipinski definition) is 5. The minimum atomic E-state index is -0.0916. The summed E-state index contributed by atoms with van der Waals surface area (Å²) in [6.07, 6.45) is 0. The van der Waals surface area contributed by atoms with E-state index in [0.29, 0.717) is 12.2 Å². The quantitative estimate of drug-likeness (QED) is 0.546. The Balaban J connectivity index is 1.55. The van der Waals surface area contributed by atoms with Gasteiger partial charge in [0.05, 0.1) is 22.5 Å². The number of thiazole rings is 1. The second kappa shape index (κ2) is 6.42. The summed E-state index contributed by atoms with van der Waals surface area (Å²) in [5, 5.41) is 4.72. The Morgan fingerprint density at radius 2 is 2.00 bits per heavy atom. The molecule has 0 aliphatic heterocycles. The highest BCUT2D eigenvalue weighted by Crippen LogP contribution is 2.28. The number of benzene rings is 1. The van der Waals surface area contributed by atoms with Crippen molar-refractivity contribution in [3.05, 3.63) is 58.7 Å². The Labute approximate surface area is 153 Å². The Hall–Kier alpha value is -2.51. The maximum Gasteiger partial charge on any atom is 0.273 e. The van der Waals surface area contributed by atoms with E-state index in [4.69, 9.17) is 0 Å². The fourth-order valence-corrected chi connectivity index (χ4v) is 4.31. The van der Waals surface area contributed by atoms with Gasteiger partial charge in [-0.1, -0.05) is 18.2 Å². The minimum absolute atomic E-state index is 0.0916. The maximum absolute atomic E-state index is 12.7. The van der Waals surface area contributed by atoms with Crippen molar-refractivity contribution in [1.82, 2.24) is 19.4 Å². The van der Waals surface area contributed by atoms with Gasteiger partial charge in [-0.2, -0.15) is 0 Å². The molecule has 0 aliphatic rings. The molecule has 3 aromatic heterocycles. The maximum atomic E-state index is 12.7. The molecule has 0 atom stereocenters. The van der Waals surface area contributed by atoms with Crippen molar-refractivity contribution >= 4 is 39.6 Å². The highest BCUT2D eigenvalue weighted by Gasteiger charge is 2.18. The van der Waals surface area contributed by atoms with Crippen LogP contribution in [-0.2, 0) is 13.6 Å². The molecule has 0 unspecified atom stereocenters. The van der Waals surface area contributed by atoms with E-state index in [0.717, 1.165) is 26.7 Å². The van der Waals surface area contributed by atoms with Crippen molar-refractivity contribution < 1.29 is 4.79 Å². The zero-order valence-corrected chi connectivity index (χ0v) is 15.5. The molecular weight excluding hydrogens is 352 g/mol. The first-order valence-corrected chi connectivity index (χ1v) is 9.54. The summed E-state index contributed by atoms with van der Waals surface area (Å²) in [6.45, 7) is 0.440. The molecule has 5 nitrogen and oxygen atoms in total. The first-order chi connectivity index (χ1) is 12.1. The molecule has 4 rings (SSSR count). The number of aryl methyl sites for hydroxylation is 1. The Kier molecular flexibility index (Phi) is 4.10. The third-order valence-corrected chi connectivity index (χ3v) is 5.94. The largest absolute Gasteiger partial charge is 0.333 e. The van der Waals surface area contributed by atoms with Gasteiger partial charge in [0.1, 0.15) is 16.5 Å². The topological polar surface area (TPSA) is 51.0 Å². The van der Waals surface area contributed by atoms with Crippen LogP contribution in [0.1, 0.15) is 16.3 Å². The van der Waals surface area contributed by atoms with Crippen molar-refractivity contribution in [2.45, 2.75) is 6.54 Å². The average Bonchev–Trinajstić information content (AvgIpc) is 3.35. The van der Waals surface area contributed by atoms with E-state index in [9.17, 15) is 4.79 Å². The van der Waals surface area contributed by atoms with Gasteiger partial charge < -0.3 is 9.47 Å². The predicted octanol–water partition coefficient (Wildman–Crippen LogP) is 4.03. The van der Waals surface area contributed by atoms with Gasteiger partial charge in [-0.05, 0) is 23.6 Å². The number of aromatic nitrogens is 3. The normalized spacial score (nSPS) is 11.1. The standard InChI is InChI=1S/C18H16N4OS2/c1-21(10-16-19-12-6-3-4-7-14(12)22(16)2)18(23)13-11-25-17(20-13)15-8-5-9-24-15/h3-9,11H,10H2,1-2H3. The molecule has 3 heterocycles. The zero-order chi connectivity index (χ0) is 17.4. The molecule has 0 aliphatic carbocycles. The highest BCUT2D eigenvalue weighted by molar-refractivity contribution is 7.20. The summed E-state index contributed by atoms with van der Waals surface area (Å²) >= 11 is 3.12. The molecular formula is C18H16N4OS2. The second-order valence-electron chi connectivity index (χ2n) is 5.75. The van der Waals surface area contributed by atoms with Crippen LogP contribution in [0.5, 0.6) is 0 Å². The van der Waals surface area contributed by atoms with Crippen LogP contribution in [0.15, 0.2) is 47.2 Å². The number of fused-ring (bicyclic) bond motifs is 1. The molecule has 0 N–H and O–H groups in total. The van der Waals surface area contributed by atoms with Gasteiger partial charge in [0, 0.05) is 19.5 Å². The van der Waals surface area contributed by atoms with Crippen LogP contribution >= 0.6 is 22.7 Å². The van der Waals surface area contributed by atoms with Crippen molar-refractivity contribution in [3.8, 4) is 9.88 Å². The SMILES string of the molecule is CN(Cc1nc2ccccc2n1C)C(=O)c1csc(-c2cccs2)n1. The molecule has 0 radical (unpaired) electrons. The van der Waals surface area contributed by atoms with E-state index in [1.54, 1.807) is 23.3 Å². The molecule has 25 heavy (non-hydrogen) atoms. The first kappa shape index (κ1) is 16.0. The molecule has 4 aromatic rings. The van der Waals surface area contributed by atoms with Crippen LogP contribution < -0.4 is 0 Å². The van der Waals surface area contributed by atoms with Crippen LogP contribution in [0.25, 0.3) is 20.9 Å². The summed E-state index contributed by atoms with van der Waals surface area (Å²) in [4.78, 5) is 24.6. The summed E-state index contributed by atoms with van der Waals surface area (Å²) in [6, 6.07) is 12.0. The Bertz CT molecular complexity index is 1030. The number of thiophene rings is 1. The number of imidazole rings is 1. The number of para-hydroxylation sites is 2. The van der Waals surface area contributed by atoms with Gasteiger partial charge in [-0.3, -0.25) is 4.79 Å². The van der Waals surface area contributed by atoms with E-state index in [-0.39, 0.29) is 5.91 Å². The summed E-state index contributed by atoms with van der Waals surface area (Å²) in [5.41, 5.74) is 2.48. The number of nitrogens with zero attached hydrogens (tertiary/aromatic N) is 4. The second-order valence-corrected chi connectivity index (χ2v) is 7.56. The lowest BCUT2D eigenvalue weighted by Gasteiger charge is -2.15. The van der Waals surface area contributed by atoms with Crippen LogP contribution in [0.4, 0.5) is 0 Å². The molecule has 0 saturated heterocycles. The van der Waals surface area contributed by atoms with Gasteiger partial charge in [-0.25, -0.2) is 9.97 Å². The smallest absolute Gasteiger partial charge is 0.273 e. The van der Waals surface area contributed by atoms with Gasteiger partial charge in [-0.15, -0.1) is 22.7 Å². The number of carbonyl (C=O) groups excluding carboxylic acids is 1. The lowest BCUT2D eigenvalue weighted by Crippen LogP contribution is -2.27. The lowest BCUT2D eigenvalue weighted by molar-refractivity contribution is 0.0776. The lowest BCUT2D eigenvalue weighted by atomic mass is 10.3. The van der Waals surface area contributed by atoms with Gasteiger partial charge >= 0.3 is 0 Å². The van der Waals surface area contributed by atoms with Crippen molar-refractivity contribution in [3.63, 3.8) is 0 Å².